The molecular weight excluding hydrogens is 1220 g/mol. The molecule has 552 valence electrons. The zero-order valence-corrected chi connectivity index (χ0v) is 62.0. The molecule has 0 saturated carbocycles. The second-order valence-electron chi connectivity index (χ2n) is 26.7. The molecule has 5 atom stereocenters. The summed E-state index contributed by atoms with van der Waals surface area (Å²) in [6.45, 7) is 4.97. The van der Waals surface area contributed by atoms with E-state index >= 15 is 0 Å². The number of hydrogen-bond donors (Lipinski definition) is 3. The van der Waals surface area contributed by atoms with Gasteiger partial charge in [0.1, 0.15) is 19.3 Å². The van der Waals surface area contributed by atoms with Gasteiger partial charge in [0.05, 0.1) is 26.4 Å². The minimum atomic E-state index is -4.95. The first-order valence-corrected chi connectivity index (χ1v) is 41.8. The van der Waals surface area contributed by atoms with E-state index in [1.165, 1.54) is 225 Å². The Morgan fingerprint density at radius 3 is 0.634 bits per heavy atom. The number of carbonyl (C=O) groups excluding carboxylic acids is 4. The van der Waals surface area contributed by atoms with Crippen molar-refractivity contribution in [2.24, 2.45) is 0 Å². The summed E-state index contributed by atoms with van der Waals surface area (Å²) in [7, 11) is -9.90. The summed E-state index contributed by atoms with van der Waals surface area (Å²) in [5, 5.41) is 10.6. The van der Waals surface area contributed by atoms with Crippen LogP contribution in [0.15, 0.2) is 0 Å². The van der Waals surface area contributed by atoms with Crippen LogP contribution in [0.5, 0.6) is 0 Å². The fourth-order valence-electron chi connectivity index (χ4n) is 11.4. The summed E-state index contributed by atoms with van der Waals surface area (Å²) in [5.41, 5.74) is 0. The van der Waals surface area contributed by atoms with Crippen LogP contribution in [0.25, 0.3) is 0 Å². The van der Waals surface area contributed by atoms with Gasteiger partial charge in [0.15, 0.2) is 12.2 Å². The molecule has 0 rings (SSSR count). The number of phosphoric acid groups is 2. The number of ether oxygens (including phenoxy) is 4. The zero-order chi connectivity index (χ0) is 68.2. The average molecular weight is 1370 g/mol. The van der Waals surface area contributed by atoms with E-state index in [0.29, 0.717) is 25.7 Å². The number of unbranched alkanes of at least 4 members (excludes halogenated alkanes) is 49. The molecule has 0 amide bonds. The van der Waals surface area contributed by atoms with E-state index in [4.69, 9.17) is 37.0 Å². The highest BCUT2D eigenvalue weighted by Gasteiger charge is 2.30. The van der Waals surface area contributed by atoms with Crippen LogP contribution in [0.4, 0.5) is 0 Å². The first kappa shape index (κ1) is 91.1. The first-order valence-electron chi connectivity index (χ1n) is 38.8. The van der Waals surface area contributed by atoms with E-state index in [9.17, 15) is 43.2 Å². The lowest BCUT2D eigenvalue weighted by Gasteiger charge is -2.21. The molecule has 17 nitrogen and oxygen atoms in total. The van der Waals surface area contributed by atoms with E-state index in [-0.39, 0.29) is 25.7 Å². The van der Waals surface area contributed by atoms with Gasteiger partial charge in [-0.25, -0.2) is 9.13 Å². The number of hydrogen-bond acceptors (Lipinski definition) is 15. The molecule has 0 bridgehead atoms. The van der Waals surface area contributed by atoms with E-state index in [1.807, 2.05) is 0 Å². The van der Waals surface area contributed by atoms with Crippen LogP contribution in [-0.2, 0) is 65.4 Å². The maximum atomic E-state index is 13.1. The van der Waals surface area contributed by atoms with Gasteiger partial charge in [-0.3, -0.25) is 37.3 Å². The Balaban J connectivity index is 5.23. The lowest BCUT2D eigenvalue weighted by molar-refractivity contribution is -0.161. The predicted molar refractivity (Wildman–Crippen MR) is 377 cm³/mol. The summed E-state index contributed by atoms with van der Waals surface area (Å²) < 4.78 is 68.4. The molecule has 2 unspecified atom stereocenters. The average Bonchev–Trinajstić information content (AvgIpc) is 2.95. The molecule has 19 heteroatoms. The maximum Gasteiger partial charge on any atom is 0.472 e. The van der Waals surface area contributed by atoms with Crippen LogP contribution in [0.3, 0.4) is 0 Å². The summed E-state index contributed by atoms with van der Waals surface area (Å²) in [6.07, 6.45) is 58.1. The quantitative estimate of drug-likeness (QED) is 0.0222. The topological polar surface area (TPSA) is 237 Å². The number of aliphatic hydroxyl groups is 1. The zero-order valence-electron chi connectivity index (χ0n) is 60.2. The van der Waals surface area contributed by atoms with E-state index in [0.717, 1.165) is 89.9 Å². The van der Waals surface area contributed by atoms with Crippen LogP contribution in [0, 0.1) is 0 Å². The first-order chi connectivity index (χ1) is 45.2. The Kier molecular flexibility index (Phi) is 67.1. The number of carbonyl (C=O) groups is 4. The highest BCUT2D eigenvalue weighted by atomic mass is 31.2. The van der Waals surface area contributed by atoms with Crippen LogP contribution in [0.1, 0.15) is 394 Å². The molecule has 0 fully saturated rings. The highest BCUT2D eigenvalue weighted by molar-refractivity contribution is 7.47. The molecule has 0 aromatic rings. The molecule has 0 spiro atoms. The fraction of sp³-hybridized carbons (Fsp3) is 0.946. The smallest absolute Gasteiger partial charge is 0.462 e. The molecule has 0 aliphatic heterocycles. The van der Waals surface area contributed by atoms with Crippen molar-refractivity contribution < 1.29 is 80.2 Å². The number of rotatable bonds is 75. The number of phosphoric ester groups is 2. The third-order valence-corrected chi connectivity index (χ3v) is 19.3. The van der Waals surface area contributed by atoms with E-state index < -0.39 is 97.5 Å². The summed E-state index contributed by atoms with van der Waals surface area (Å²) >= 11 is 0. The summed E-state index contributed by atoms with van der Waals surface area (Å²) in [6, 6.07) is 0. The van der Waals surface area contributed by atoms with E-state index in [1.54, 1.807) is 0 Å². The molecule has 0 aliphatic carbocycles. The fourth-order valence-corrected chi connectivity index (χ4v) is 13.0. The lowest BCUT2D eigenvalue weighted by atomic mass is 10.0. The minimum absolute atomic E-state index is 0.108. The second kappa shape index (κ2) is 68.6. The molecule has 0 aromatic heterocycles. The van der Waals surface area contributed by atoms with Crippen molar-refractivity contribution in [2.45, 2.75) is 412 Å². The Morgan fingerprint density at radius 2 is 0.430 bits per heavy atom. The van der Waals surface area contributed by atoms with Gasteiger partial charge in [-0.2, -0.15) is 0 Å². The SMILES string of the molecule is CCCCCCCCCCCCCCCCCC(=O)OC[C@H](COP(=O)(O)OC[C@@H](O)COP(=O)(O)OC[C@@H](COC(=O)CCCCCCCCCCC)OC(=O)CCCCCCCCCCCCCCCC)OC(=O)CCCCCCCCCCCCCCCCC. The van der Waals surface area contributed by atoms with Crippen LogP contribution in [0.2, 0.25) is 0 Å². The Hall–Kier alpha value is -1.94. The highest BCUT2D eigenvalue weighted by Crippen LogP contribution is 2.45. The molecule has 0 radical (unpaired) electrons. The van der Waals surface area contributed by atoms with Crippen molar-refractivity contribution in [1.82, 2.24) is 0 Å². The van der Waals surface area contributed by atoms with Crippen LogP contribution in [-0.4, -0.2) is 96.7 Å². The van der Waals surface area contributed by atoms with Gasteiger partial charge in [-0.05, 0) is 25.7 Å². The predicted octanol–water partition coefficient (Wildman–Crippen LogP) is 21.8. The molecular formula is C74H144O17P2. The molecule has 3 N–H and O–H groups in total. The van der Waals surface area contributed by atoms with Crippen molar-refractivity contribution >= 4 is 39.5 Å². The third-order valence-electron chi connectivity index (χ3n) is 17.4. The molecule has 0 heterocycles. The van der Waals surface area contributed by atoms with Crippen LogP contribution < -0.4 is 0 Å². The summed E-state index contributed by atoms with van der Waals surface area (Å²) in [4.78, 5) is 72.7. The summed E-state index contributed by atoms with van der Waals surface area (Å²) in [5.74, 6) is -2.11. The Labute approximate surface area is 568 Å². The van der Waals surface area contributed by atoms with Crippen molar-refractivity contribution in [3.63, 3.8) is 0 Å². The maximum absolute atomic E-state index is 13.1. The van der Waals surface area contributed by atoms with Crippen molar-refractivity contribution in [2.75, 3.05) is 39.6 Å². The molecule has 93 heavy (non-hydrogen) atoms. The Bertz CT molecular complexity index is 1770. The van der Waals surface area contributed by atoms with Gasteiger partial charge in [0, 0.05) is 25.7 Å². The van der Waals surface area contributed by atoms with Gasteiger partial charge >= 0.3 is 39.5 Å². The minimum Gasteiger partial charge on any atom is -0.462 e. The van der Waals surface area contributed by atoms with Crippen molar-refractivity contribution in [3.8, 4) is 0 Å². The lowest BCUT2D eigenvalue weighted by Crippen LogP contribution is -2.30. The van der Waals surface area contributed by atoms with Crippen LogP contribution >= 0.6 is 15.6 Å². The van der Waals surface area contributed by atoms with Gasteiger partial charge in [-0.1, -0.05) is 342 Å². The number of esters is 4. The van der Waals surface area contributed by atoms with Gasteiger partial charge in [0.25, 0.3) is 0 Å². The van der Waals surface area contributed by atoms with Crippen molar-refractivity contribution in [3.05, 3.63) is 0 Å². The van der Waals surface area contributed by atoms with Gasteiger partial charge in [0.2, 0.25) is 0 Å². The van der Waals surface area contributed by atoms with Gasteiger partial charge in [-0.15, -0.1) is 0 Å². The normalized spacial score (nSPS) is 13.9. The van der Waals surface area contributed by atoms with Crippen molar-refractivity contribution in [1.29, 1.82) is 0 Å². The largest absolute Gasteiger partial charge is 0.472 e. The standard InChI is InChI=1S/C74H144O17P2/c1-5-9-13-17-21-25-28-31-34-37-39-43-47-51-55-59-72(77)85-65-70(91-74(79)61-57-53-49-45-41-38-35-32-29-26-22-18-14-10-6-2)67-89-93(82,83)87-63-68(75)62-86-92(80,81)88-66-69(64-84-71(76)58-54-50-46-42-24-20-16-12-8-4)90-73(78)60-56-52-48-44-40-36-33-30-27-23-19-15-11-7-3/h68-70,75H,5-67H2,1-4H3,(H,80,81)(H,82,83)/t68-,69+,70+/m0/s1. The monoisotopic (exact) mass is 1370 g/mol. The molecule has 0 saturated heterocycles. The number of aliphatic hydroxyl groups excluding tert-OH is 1. The van der Waals surface area contributed by atoms with E-state index in [2.05, 4.69) is 27.7 Å². The second-order valence-corrected chi connectivity index (χ2v) is 29.6. The third kappa shape index (κ3) is 68.4. The van der Waals surface area contributed by atoms with Gasteiger partial charge < -0.3 is 33.8 Å². The molecule has 0 aliphatic rings. The molecule has 0 aromatic carbocycles. The Morgan fingerprint density at radius 1 is 0.258 bits per heavy atom.